The molecule has 0 amide bonds. The fraction of sp³-hybridized carbons (Fsp3) is 0.227. The number of nitrogens with zero attached hydrogens (tertiary/aromatic N) is 2. The highest BCUT2D eigenvalue weighted by Gasteiger charge is 2.20. The van der Waals surface area contributed by atoms with Crippen molar-refractivity contribution >= 4 is 21.6 Å². The molecule has 2 N–H and O–H groups in total. The van der Waals surface area contributed by atoms with E-state index in [-0.39, 0.29) is 0 Å². The minimum Gasteiger partial charge on any atom is -0.457 e. The van der Waals surface area contributed by atoms with Crippen LogP contribution in [0.4, 0.5) is 0 Å². The molecule has 1 aliphatic heterocycles. The van der Waals surface area contributed by atoms with Gasteiger partial charge in [-0.3, -0.25) is 5.10 Å². The van der Waals surface area contributed by atoms with Crippen molar-refractivity contribution in [2.45, 2.75) is 18.8 Å². The lowest BCUT2D eigenvalue weighted by molar-refractivity contribution is 0.462. The first kappa shape index (κ1) is 17.5. The van der Waals surface area contributed by atoms with E-state index in [1.54, 1.807) is 0 Å². The van der Waals surface area contributed by atoms with Gasteiger partial charge in [0.15, 0.2) is 5.65 Å². The lowest BCUT2D eigenvalue weighted by atomic mass is 9.92. The topological polar surface area (TPSA) is 54.4 Å². The summed E-state index contributed by atoms with van der Waals surface area (Å²) in [5.41, 5.74) is 4.41. The zero-order valence-electron chi connectivity index (χ0n) is 15.4. The Labute approximate surface area is 171 Å². The Morgan fingerprint density at radius 2 is 1.64 bits per heavy atom. The summed E-state index contributed by atoms with van der Waals surface area (Å²) in [4.78, 5) is 4.91. The van der Waals surface area contributed by atoms with E-state index in [4.69, 9.17) is 9.72 Å². The van der Waals surface area contributed by atoms with Crippen LogP contribution in [0, 0.1) is 0 Å². The summed E-state index contributed by atoms with van der Waals surface area (Å²) in [6, 6.07) is 15.9. The summed E-state index contributed by atoms with van der Waals surface area (Å²) in [5, 5.41) is 6.76. The van der Waals surface area contributed by atoms with E-state index in [1.807, 2.05) is 40.9 Å². The monoisotopic (exact) mass is 436 g/mol. The average molecular weight is 437 g/mol. The van der Waals surface area contributed by atoms with E-state index in [0.717, 1.165) is 58.8 Å². The molecule has 0 radical (unpaired) electrons. The van der Waals surface area contributed by atoms with Gasteiger partial charge in [0.25, 0.3) is 0 Å². The van der Waals surface area contributed by atoms with Crippen molar-refractivity contribution in [3.8, 4) is 22.8 Å². The fourth-order valence-electron chi connectivity index (χ4n) is 3.79. The zero-order valence-corrected chi connectivity index (χ0v) is 16.9. The molecule has 0 atom stereocenters. The Bertz CT molecular complexity index is 1080. The van der Waals surface area contributed by atoms with Gasteiger partial charge >= 0.3 is 0 Å². The van der Waals surface area contributed by atoms with E-state index >= 15 is 0 Å². The van der Waals surface area contributed by atoms with E-state index in [1.165, 1.54) is 5.56 Å². The van der Waals surface area contributed by atoms with Gasteiger partial charge in [0, 0.05) is 21.8 Å². The molecule has 5 rings (SSSR count). The number of hydrogen-bond donors (Lipinski definition) is 2. The van der Waals surface area contributed by atoms with Crippen LogP contribution in [-0.4, -0.2) is 27.7 Å². The highest BCUT2D eigenvalue weighted by atomic mass is 79.9. The zero-order chi connectivity index (χ0) is 18.9. The maximum absolute atomic E-state index is 5.91. The van der Waals surface area contributed by atoms with E-state index < -0.39 is 0 Å². The molecular formula is C22H21BrN4O. The minimum absolute atomic E-state index is 0.576. The van der Waals surface area contributed by atoms with Gasteiger partial charge in [0.1, 0.15) is 11.5 Å². The third kappa shape index (κ3) is 3.45. The van der Waals surface area contributed by atoms with Crippen LogP contribution in [-0.2, 0) is 0 Å². The van der Waals surface area contributed by atoms with Gasteiger partial charge in [0.05, 0.1) is 11.9 Å². The highest BCUT2D eigenvalue weighted by Crippen LogP contribution is 2.31. The second kappa shape index (κ2) is 7.45. The number of rotatable bonds is 4. The third-order valence-electron chi connectivity index (χ3n) is 5.30. The summed E-state index contributed by atoms with van der Waals surface area (Å²) < 4.78 is 8.97. The third-order valence-corrected chi connectivity index (χ3v) is 5.83. The Balaban J connectivity index is 1.37. The lowest BCUT2D eigenvalue weighted by Gasteiger charge is -2.21. The molecule has 3 heterocycles. The summed E-state index contributed by atoms with van der Waals surface area (Å²) in [5.74, 6) is 2.20. The highest BCUT2D eigenvalue weighted by molar-refractivity contribution is 9.10. The molecule has 2 aromatic heterocycles. The minimum atomic E-state index is 0.576. The smallest absolute Gasteiger partial charge is 0.157 e. The van der Waals surface area contributed by atoms with Crippen LogP contribution in [0.1, 0.15) is 24.3 Å². The number of nitrogens with one attached hydrogen (secondary N) is 2. The van der Waals surface area contributed by atoms with Crippen LogP contribution in [0.2, 0.25) is 0 Å². The maximum Gasteiger partial charge on any atom is 0.157 e. The Hall–Kier alpha value is -2.57. The molecule has 1 aliphatic rings. The standard InChI is InChI=1S/C22H21BrN4O/c23-17-3-7-19(8-4-17)28-18-5-1-16(2-6-18)21-14-27-22(26-21)20(13-25-27)15-9-11-24-12-10-15/h1-8,13-15,24-25H,9-12H2. The van der Waals surface area contributed by atoms with Crippen molar-refractivity contribution < 1.29 is 4.74 Å². The predicted octanol–water partition coefficient (Wildman–Crippen LogP) is 5.35. The van der Waals surface area contributed by atoms with Crippen LogP contribution >= 0.6 is 15.9 Å². The van der Waals surface area contributed by atoms with Crippen LogP contribution in [0.5, 0.6) is 11.5 Å². The number of hydrogen-bond acceptors (Lipinski definition) is 3. The normalized spacial score (nSPS) is 15.2. The van der Waals surface area contributed by atoms with Crippen LogP contribution in [0.3, 0.4) is 0 Å². The van der Waals surface area contributed by atoms with Crippen molar-refractivity contribution in [3.63, 3.8) is 0 Å². The quantitative estimate of drug-likeness (QED) is 0.453. The van der Waals surface area contributed by atoms with Gasteiger partial charge in [-0.1, -0.05) is 15.9 Å². The molecule has 1 saturated heterocycles. The number of halogens is 1. The van der Waals surface area contributed by atoms with Crippen molar-refractivity contribution in [2.75, 3.05) is 13.1 Å². The molecule has 0 unspecified atom stereocenters. The van der Waals surface area contributed by atoms with E-state index in [9.17, 15) is 0 Å². The number of ether oxygens (including phenoxy) is 1. The average Bonchev–Trinajstić information content (AvgIpc) is 3.32. The fourth-order valence-corrected chi connectivity index (χ4v) is 4.06. The molecule has 0 bridgehead atoms. The second-order valence-electron chi connectivity index (χ2n) is 7.15. The lowest BCUT2D eigenvalue weighted by Crippen LogP contribution is -2.26. The number of aromatic amines is 1. The Kier molecular flexibility index (Phi) is 4.66. The summed E-state index contributed by atoms with van der Waals surface area (Å²) >= 11 is 3.44. The summed E-state index contributed by atoms with van der Waals surface area (Å²) in [6.45, 7) is 2.16. The number of aromatic nitrogens is 3. The molecule has 5 nitrogen and oxygen atoms in total. The van der Waals surface area contributed by atoms with Crippen LogP contribution < -0.4 is 10.1 Å². The maximum atomic E-state index is 5.91. The molecule has 0 spiro atoms. The second-order valence-corrected chi connectivity index (χ2v) is 8.07. The van der Waals surface area contributed by atoms with Gasteiger partial charge in [-0.25, -0.2) is 9.50 Å². The molecule has 4 aromatic rings. The van der Waals surface area contributed by atoms with Gasteiger partial charge < -0.3 is 10.1 Å². The largest absolute Gasteiger partial charge is 0.457 e. The van der Waals surface area contributed by atoms with Crippen LogP contribution in [0.15, 0.2) is 65.4 Å². The number of fused-ring (bicyclic) bond motifs is 1. The Morgan fingerprint density at radius 1 is 0.964 bits per heavy atom. The van der Waals surface area contributed by atoms with Crippen LogP contribution in [0.25, 0.3) is 16.9 Å². The Morgan fingerprint density at radius 3 is 2.36 bits per heavy atom. The molecule has 6 heteroatoms. The molecule has 0 aliphatic carbocycles. The molecule has 1 fully saturated rings. The van der Waals surface area contributed by atoms with Crippen molar-refractivity contribution in [3.05, 3.63) is 71.0 Å². The van der Waals surface area contributed by atoms with E-state index in [0.29, 0.717) is 5.92 Å². The molecule has 0 saturated carbocycles. The van der Waals surface area contributed by atoms with Gasteiger partial charge in [-0.05, 0) is 80.4 Å². The number of H-pyrrole nitrogens is 1. The predicted molar refractivity (Wildman–Crippen MR) is 114 cm³/mol. The van der Waals surface area contributed by atoms with Crippen molar-refractivity contribution in [1.29, 1.82) is 0 Å². The molecule has 142 valence electrons. The molecule has 2 aromatic carbocycles. The SMILES string of the molecule is Brc1ccc(Oc2ccc(-c3cn4[nH]cc(C5CCNCC5)c4n3)cc2)cc1. The first-order valence-electron chi connectivity index (χ1n) is 9.57. The van der Waals surface area contributed by atoms with E-state index in [2.05, 4.69) is 50.9 Å². The number of imidazole rings is 1. The van der Waals surface area contributed by atoms with Gasteiger partial charge in [0.2, 0.25) is 0 Å². The van der Waals surface area contributed by atoms with Gasteiger partial charge in [-0.15, -0.1) is 0 Å². The summed E-state index contributed by atoms with van der Waals surface area (Å²) in [6.07, 6.45) is 6.50. The first-order valence-corrected chi connectivity index (χ1v) is 10.4. The van der Waals surface area contributed by atoms with Gasteiger partial charge in [-0.2, -0.15) is 0 Å². The molecular weight excluding hydrogens is 416 g/mol. The number of piperidine rings is 1. The van der Waals surface area contributed by atoms with Crippen molar-refractivity contribution in [1.82, 2.24) is 19.9 Å². The molecule has 28 heavy (non-hydrogen) atoms. The number of benzene rings is 2. The summed E-state index contributed by atoms with van der Waals surface area (Å²) in [7, 11) is 0. The van der Waals surface area contributed by atoms with Crippen molar-refractivity contribution in [2.24, 2.45) is 0 Å². The first-order chi connectivity index (χ1) is 13.8.